The average molecular weight is 240 g/mol. The van der Waals surface area contributed by atoms with E-state index in [1.807, 2.05) is 19.1 Å². The molecule has 0 amide bonds. The molecular formula is C15H12OS. The quantitative estimate of drug-likeness (QED) is 0.570. The SMILES string of the molecule is CC(=O)c1sc2c(ccc3ccccc32)c1C. The molecule has 0 radical (unpaired) electrons. The van der Waals surface area contributed by atoms with Crippen LogP contribution in [0.4, 0.5) is 0 Å². The van der Waals surface area contributed by atoms with Crippen molar-refractivity contribution in [2.75, 3.05) is 0 Å². The summed E-state index contributed by atoms with van der Waals surface area (Å²) in [6.07, 6.45) is 0. The maximum absolute atomic E-state index is 11.6. The molecule has 0 saturated carbocycles. The van der Waals surface area contributed by atoms with Gasteiger partial charge in [0.05, 0.1) is 4.88 Å². The second-order valence-electron chi connectivity index (χ2n) is 4.28. The summed E-state index contributed by atoms with van der Waals surface area (Å²) in [5, 5.41) is 3.68. The Morgan fingerprint density at radius 2 is 1.82 bits per heavy atom. The standard InChI is InChI=1S/C15H12OS/c1-9-12-8-7-11-5-3-4-6-13(11)15(12)17-14(9)10(2)16/h3-8H,1-2H3. The topological polar surface area (TPSA) is 17.1 Å². The highest BCUT2D eigenvalue weighted by atomic mass is 32.1. The summed E-state index contributed by atoms with van der Waals surface area (Å²) in [5.74, 6) is 0.160. The highest BCUT2D eigenvalue weighted by molar-refractivity contribution is 7.22. The predicted molar refractivity (Wildman–Crippen MR) is 74.1 cm³/mol. The summed E-state index contributed by atoms with van der Waals surface area (Å²) in [7, 11) is 0. The van der Waals surface area contributed by atoms with E-state index in [4.69, 9.17) is 0 Å². The highest BCUT2D eigenvalue weighted by Crippen LogP contribution is 2.36. The fraction of sp³-hybridized carbons (Fsp3) is 0.133. The first-order valence-corrected chi connectivity index (χ1v) is 6.42. The fourth-order valence-corrected chi connectivity index (χ4v) is 3.52. The van der Waals surface area contributed by atoms with E-state index < -0.39 is 0 Å². The third-order valence-corrected chi connectivity index (χ3v) is 4.59. The second kappa shape index (κ2) is 3.67. The molecule has 0 saturated heterocycles. The first kappa shape index (κ1) is 10.5. The van der Waals surface area contributed by atoms with Gasteiger partial charge in [0.1, 0.15) is 0 Å². The molecule has 0 fully saturated rings. The van der Waals surface area contributed by atoms with E-state index in [1.54, 1.807) is 18.3 Å². The molecule has 0 aliphatic heterocycles. The van der Waals surface area contributed by atoms with Gasteiger partial charge in [0.15, 0.2) is 5.78 Å². The van der Waals surface area contributed by atoms with Crippen LogP contribution in [0.15, 0.2) is 36.4 Å². The molecule has 2 heteroatoms. The largest absolute Gasteiger partial charge is 0.294 e. The smallest absolute Gasteiger partial charge is 0.170 e. The van der Waals surface area contributed by atoms with E-state index >= 15 is 0 Å². The number of ketones is 1. The minimum Gasteiger partial charge on any atom is -0.294 e. The lowest BCUT2D eigenvalue weighted by atomic mass is 10.1. The van der Waals surface area contributed by atoms with Crippen LogP contribution in [-0.2, 0) is 0 Å². The Morgan fingerprint density at radius 1 is 1.06 bits per heavy atom. The van der Waals surface area contributed by atoms with Crippen LogP contribution in [0.5, 0.6) is 0 Å². The Morgan fingerprint density at radius 3 is 2.59 bits per heavy atom. The lowest BCUT2D eigenvalue weighted by Crippen LogP contribution is -1.88. The molecule has 0 aliphatic rings. The molecule has 0 N–H and O–H groups in total. The van der Waals surface area contributed by atoms with E-state index in [1.165, 1.54) is 20.9 Å². The molecule has 1 nitrogen and oxygen atoms in total. The summed E-state index contributed by atoms with van der Waals surface area (Å²) in [4.78, 5) is 12.5. The van der Waals surface area contributed by atoms with Gasteiger partial charge < -0.3 is 0 Å². The number of benzene rings is 2. The van der Waals surface area contributed by atoms with E-state index in [9.17, 15) is 4.79 Å². The number of hydrogen-bond acceptors (Lipinski definition) is 2. The van der Waals surface area contributed by atoms with Crippen molar-refractivity contribution in [1.29, 1.82) is 0 Å². The van der Waals surface area contributed by atoms with Gasteiger partial charge in [0.2, 0.25) is 0 Å². The van der Waals surface area contributed by atoms with Crippen LogP contribution in [0.3, 0.4) is 0 Å². The number of Topliss-reactive ketones (excluding diaryl/α,β-unsaturated/α-hetero) is 1. The molecule has 0 aliphatic carbocycles. The minimum atomic E-state index is 0.160. The van der Waals surface area contributed by atoms with Gasteiger partial charge in [-0.15, -0.1) is 11.3 Å². The lowest BCUT2D eigenvalue weighted by molar-refractivity contribution is 0.102. The van der Waals surface area contributed by atoms with Crippen molar-refractivity contribution in [3.05, 3.63) is 46.8 Å². The van der Waals surface area contributed by atoms with Crippen molar-refractivity contribution in [1.82, 2.24) is 0 Å². The molecule has 0 spiro atoms. The van der Waals surface area contributed by atoms with Crippen LogP contribution < -0.4 is 0 Å². The van der Waals surface area contributed by atoms with Gasteiger partial charge in [-0.2, -0.15) is 0 Å². The van der Waals surface area contributed by atoms with E-state index in [-0.39, 0.29) is 5.78 Å². The molecule has 2 aromatic carbocycles. The number of carbonyl (C=O) groups is 1. The van der Waals surface area contributed by atoms with Gasteiger partial charge in [-0.3, -0.25) is 4.79 Å². The van der Waals surface area contributed by atoms with Crippen molar-refractivity contribution in [2.45, 2.75) is 13.8 Å². The molecule has 3 rings (SSSR count). The van der Waals surface area contributed by atoms with Crippen molar-refractivity contribution in [3.63, 3.8) is 0 Å². The zero-order valence-electron chi connectivity index (χ0n) is 9.78. The summed E-state index contributed by atoms with van der Waals surface area (Å²) in [6.45, 7) is 3.67. The van der Waals surface area contributed by atoms with Gasteiger partial charge in [-0.05, 0) is 35.6 Å². The van der Waals surface area contributed by atoms with Crippen LogP contribution in [0.25, 0.3) is 20.9 Å². The number of thiophene rings is 1. The molecule has 0 bridgehead atoms. The normalized spacial score (nSPS) is 11.2. The van der Waals surface area contributed by atoms with Crippen molar-refractivity contribution >= 4 is 38.0 Å². The summed E-state index contributed by atoms with van der Waals surface area (Å²) < 4.78 is 1.23. The van der Waals surface area contributed by atoms with Crippen LogP contribution in [-0.4, -0.2) is 5.78 Å². The van der Waals surface area contributed by atoms with Gasteiger partial charge >= 0.3 is 0 Å². The van der Waals surface area contributed by atoms with Crippen molar-refractivity contribution in [2.24, 2.45) is 0 Å². The number of hydrogen-bond donors (Lipinski definition) is 0. The minimum absolute atomic E-state index is 0.160. The van der Waals surface area contributed by atoms with Crippen LogP contribution in [0, 0.1) is 6.92 Å². The second-order valence-corrected chi connectivity index (χ2v) is 5.30. The predicted octanol–water partition coefficient (Wildman–Crippen LogP) is 4.57. The zero-order chi connectivity index (χ0) is 12.0. The molecule has 3 aromatic rings. The first-order chi connectivity index (χ1) is 8.18. The molecular weight excluding hydrogens is 228 g/mol. The van der Waals surface area contributed by atoms with Gasteiger partial charge in [-0.1, -0.05) is 36.4 Å². The Kier molecular flexibility index (Phi) is 2.26. The fourth-order valence-electron chi connectivity index (χ4n) is 2.29. The third kappa shape index (κ3) is 1.48. The number of rotatable bonds is 1. The zero-order valence-corrected chi connectivity index (χ0v) is 10.6. The highest BCUT2D eigenvalue weighted by Gasteiger charge is 2.13. The lowest BCUT2D eigenvalue weighted by Gasteiger charge is -1.98. The van der Waals surface area contributed by atoms with E-state index in [0.29, 0.717) is 0 Å². The summed E-state index contributed by atoms with van der Waals surface area (Å²) in [5.41, 5.74) is 1.11. The third-order valence-electron chi connectivity index (χ3n) is 3.15. The van der Waals surface area contributed by atoms with E-state index in [0.717, 1.165) is 10.4 Å². The Bertz CT molecular complexity index is 737. The summed E-state index contributed by atoms with van der Waals surface area (Å²) >= 11 is 1.61. The monoisotopic (exact) mass is 240 g/mol. The van der Waals surface area contributed by atoms with Gasteiger partial charge in [0.25, 0.3) is 0 Å². The van der Waals surface area contributed by atoms with Gasteiger partial charge in [-0.25, -0.2) is 0 Å². The molecule has 84 valence electrons. The Labute approximate surface area is 104 Å². The van der Waals surface area contributed by atoms with Crippen molar-refractivity contribution in [3.8, 4) is 0 Å². The van der Waals surface area contributed by atoms with Crippen LogP contribution in [0.2, 0.25) is 0 Å². The number of aryl methyl sites for hydroxylation is 1. The number of carbonyl (C=O) groups excluding carboxylic acids is 1. The average Bonchev–Trinajstić information content (AvgIpc) is 2.67. The van der Waals surface area contributed by atoms with E-state index in [2.05, 4.69) is 24.3 Å². The first-order valence-electron chi connectivity index (χ1n) is 5.60. The van der Waals surface area contributed by atoms with Crippen LogP contribution >= 0.6 is 11.3 Å². The van der Waals surface area contributed by atoms with Crippen LogP contribution in [0.1, 0.15) is 22.2 Å². The molecule has 17 heavy (non-hydrogen) atoms. The molecule has 0 atom stereocenters. The summed E-state index contributed by atoms with van der Waals surface area (Å²) in [6, 6.07) is 12.6. The Balaban J connectivity index is 2.51. The Hall–Kier alpha value is -1.67. The van der Waals surface area contributed by atoms with Gasteiger partial charge in [0, 0.05) is 4.70 Å². The maximum Gasteiger partial charge on any atom is 0.170 e. The molecule has 1 heterocycles. The van der Waals surface area contributed by atoms with Crippen molar-refractivity contribution < 1.29 is 4.79 Å². The molecule has 1 aromatic heterocycles. The molecule has 0 unspecified atom stereocenters. The number of fused-ring (bicyclic) bond motifs is 3. The maximum atomic E-state index is 11.6.